The lowest BCUT2D eigenvalue weighted by Gasteiger charge is -2.32. The van der Waals surface area contributed by atoms with Gasteiger partial charge in [0.05, 0.1) is 36.4 Å². The number of hydrogen-bond donors (Lipinski definition) is 4. The number of hydrogen-bond acceptors (Lipinski definition) is 9. The summed E-state index contributed by atoms with van der Waals surface area (Å²) < 4.78 is 17.3. The van der Waals surface area contributed by atoms with Crippen molar-refractivity contribution in [2.75, 3.05) is 0 Å². The molecule has 1 fully saturated rings. The number of allylic oxidation sites excluding steroid dienone is 2. The molecule has 0 amide bonds. The molecule has 3 rings (SSSR count). The Bertz CT molecular complexity index is 1220. The van der Waals surface area contributed by atoms with Crippen LogP contribution in [0, 0.1) is 11.8 Å². The molecule has 2 heterocycles. The molecule has 2 aliphatic rings. The summed E-state index contributed by atoms with van der Waals surface area (Å²) in [5, 5.41) is 43.0. The fourth-order valence-electron chi connectivity index (χ4n) is 5.89. The summed E-state index contributed by atoms with van der Waals surface area (Å²) in [6, 6.07) is 9.60. The van der Waals surface area contributed by atoms with Crippen LogP contribution in [0.15, 0.2) is 66.3 Å². The van der Waals surface area contributed by atoms with Crippen LogP contribution >= 0.6 is 0 Å². The van der Waals surface area contributed by atoms with Gasteiger partial charge in [-0.2, -0.15) is 0 Å². The smallest absolute Gasteiger partial charge is 0.309 e. The second-order valence-corrected chi connectivity index (χ2v) is 13.6. The van der Waals surface area contributed by atoms with Gasteiger partial charge in [-0.15, -0.1) is 0 Å². The molecule has 0 aliphatic carbocycles. The molecule has 0 radical (unpaired) electrons. The zero-order valence-electron chi connectivity index (χ0n) is 28.2. The van der Waals surface area contributed by atoms with Crippen molar-refractivity contribution in [2.45, 2.75) is 134 Å². The molecule has 46 heavy (non-hydrogen) atoms. The standard InChI is InChI=1S/C37H54O9/c1-7-29(39)26(4)35-30(44-35)23-36(5,42)20-11-12-24(2)34-25(3)15-17-31(37(6,43)21-19-28(38)22-33(41)46-34)45-32(40)18-16-27-13-9-8-10-14-27/h8-15,17,20,25-26,28-31,34-35,38-39,42-43H,7,16,18-19,21-23H2,1-6H3/b17-15+,20-11+,24-12+. The van der Waals surface area contributed by atoms with Gasteiger partial charge in [0.15, 0.2) is 0 Å². The Morgan fingerprint density at radius 1 is 1.24 bits per heavy atom. The van der Waals surface area contributed by atoms with Crippen LogP contribution in [-0.2, 0) is 30.2 Å². The van der Waals surface area contributed by atoms with E-state index in [4.69, 9.17) is 14.2 Å². The van der Waals surface area contributed by atoms with Crippen LogP contribution in [0.5, 0.6) is 0 Å². The number of rotatable bonds is 12. The molecule has 1 saturated heterocycles. The number of aryl methyl sites for hydroxylation is 1. The largest absolute Gasteiger partial charge is 0.457 e. The first kappa shape index (κ1) is 37.6. The molecule has 1 aromatic rings. The van der Waals surface area contributed by atoms with Crippen LogP contribution < -0.4 is 0 Å². The SMILES string of the molecule is CCC(O)C(C)C1OC1CC(C)(O)/C=C/C=C(\C)C1OC(=O)CC(O)CCC(C)(O)C(OC(=O)CCc2ccccc2)/C=C/C1C. The quantitative estimate of drug-likeness (QED) is 0.110. The molecule has 0 spiro atoms. The topological polar surface area (TPSA) is 146 Å². The van der Waals surface area contributed by atoms with Gasteiger partial charge in [0.25, 0.3) is 0 Å². The van der Waals surface area contributed by atoms with Crippen molar-refractivity contribution in [1.82, 2.24) is 0 Å². The highest BCUT2D eigenvalue weighted by Gasteiger charge is 2.47. The van der Waals surface area contributed by atoms with E-state index in [0.29, 0.717) is 24.8 Å². The van der Waals surface area contributed by atoms with Gasteiger partial charge in [0.2, 0.25) is 0 Å². The van der Waals surface area contributed by atoms with E-state index >= 15 is 0 Å². The van der Waals surface area contributed by atoms with Gasteiger partial charge >= 0.3 is 11.9 Å². The Balaban J connectivity index is 1.73. The van der Waals surface area contributed by atoms with Crippen LogP contribution in [0.1, 0.15) is 85.6 Å². The van der Waals surface area contributed by atoms with E-state index in [-0.39, 0.29) is 49.7 Å². The third-order valence-electron chi connectivity index (χ3n) is 9.09. The van der Waals surface area contributed by atoms with Crippen LogP contribution in [-0.4, -0.2) is 80.2 Å². The summed E-state index contributed by atoms with van der Waals surface area (Å²) in [5.74, 6) is -1.40. The minimum Gasteiger partial charge on any atom is -0.457 e. The summed E-state index contributed by atoms with van der Waals surface area (Å²) in [6.45, 7) is 10.8. The number of aliphatic hydroxyl groups excluding tert-OH is 2. The van der Waals surface area contributed by atoms with Crippen LogP contribution in [0.2, 0.25) is 0 Å². The first-order valence-electron chi connectivity index (χ1n) is 16.6. The van der Waals surface area contributed by atoms with Crippen molar-refractivity contribution in [1.29, 1.82) is 0 Å². The maximum Gasteiger partial charge on any atom is 0.309 e. The van der Waals surface area contributed by atoms with Crippen LogP contribution in [0.4, 0.5) is 0 Å². The fourth-order valence-corrected chi connectivity index (χ4v) is 5.89. The van der Waals surface area contributed by atoms with Crippen LogP contribution in [0.25, 0.3) is 0 Å². The minimum atomic E-state index is -1.48. The Labute approximate surface area is 274 Å². The van der Waals surface area contributed by atoms with E-state index in [2.05, 4.69) is 0 Å². The van der Waals surface area contributed by atoms with Crippen molar-refractivity contribution < 1.29 is 44.2 Å². The lowest BCUT2D eigenvalue weighted by atomic mass is 9.88. The lowest BCUT2D eigenvalue weighted by Crippen LogP contribution is -2.42. The predicted octanol–water partition coefficient (Wildman–Crippen LogP) is 4.75. The highest BCUT2D eigenvalue weighted by atomic mass is 16.6. The van der Waals surface area contributed by atoms with Gasteiger partial charge in [-0.1, -0.05) is 75.4 Å². The second-order valence-electron chi connectivity index (χ2n) is 13.6. The van der Waals surface area contributed by atoms with E-state index < -0.39 is 47.6 Å². The molecule has 9 heteroatoms. The van der Waals surface area contributed by atoms with Crippen molar-refractivity contribution >= 4 is 11.9 Å². The molecule has 256 valence electrons. The molecule has 0 bridgehead atoms. The molecule has 0 aromatic heterocycles. The summed E-state index contributed by atoms with van der Waals surface area (Å²) in [7, 11) is 0. The molecule has 2 aliphatic heterocycles. The number of carbonyl (C=O) groups is 2. The zero-order chi connectivity index (χ0) is 34.1. The van der Waals surface area contributed by atoms with Crippen molar-refractivity contribution in [3.8, 4) is 0 Å². The van der Waals surface area contributed by atoms with E-state index in [1.54, 1.807) is 44.2 Å². The molecule has 0 saturated carbocycles. The van der Waals surface area contributed by atoms with Gasteiger partial charge in [-0.25, -0.2) is 0 Å². The average Bonchev–Trinajstić information content (AvgIpc) is 3.76. The van der Waals surface area contributed by atoms with E-state index in [0.717, 1.165) is 5.56 Å². The highest BCUT2D eigenvalue weighted by Crippen LogP contribution is 2.37. The summed E-state index contributed by atoms with van der Waals surface area (Å²) in [6.07, 6.45) is 6.82. The highest BCUT2D eigenvalue weighted by molar-refractivity contribution is 5.71. The number of esters is 2. The molecule has 10 atom stereocenters. The monoisotopic (exact) mass is 642 g/mol. The number of ether oxygens (including phenoxy) is 3. The first-order chi connectivity index (χ1) is 21.6. The normalized spacial score (nSPS) is 32.7. The number of carbonyl (C=O) groups excluding carboxylic acids is 2. The lowest BCUT2D eigenvalue weighted by molar-refractivity contribution is -0.159. The minimum absolute atomic E-state index is 0.0122. The predicted molar refractivity (Wildman–Crippen MR) is 176 cm³/mol. The van der Waals surface area contributed by atoms with Crippen molar-refractivity contribution in [3.63, 3.8) is 0 Å². The van der Waals surface area contributed by atoms with Gasteiger partial charge < -0.3 is 34.6 Å². The number of epoxide rings is 1. The number of aliphatic hydroxyl groups is 4. The summed E-state index contributed by atoms with van der Waals surface area (Å²) in [5.41, 5.74) is -0.929. The van der Waals surface area contributed by atoms with Crippen molar-refractivity contribution in [2.24, 2.45) is 11.8 Å². The van der Waals surface area contributed by atoms with Crippen LogP contribution in [0.3, 0.4) is 0 Å². The molecule has 4 N–H and O–H groups in total. The van der Waals surface area contributed by atoms with Gasteiger partial charge in [-0.3, -0.25) is 9.59 Å². The van der Waals surface area contributed by atoms with E-state index in [1.165, 1.54) is 0 Å². The third kappa shape index (κ3) is 11.8. The Hall–Kier alpha value is -2.82. The molecule has 10 unspecified atom stereocenters. The average molecular weight is 643 g/mol. The summed E-state index contributed by atoms with van der Waals surface area (Å²) >= 11 is 0. The fraction of sp³-hybridized carbons (Fsp3) is 0.622. The Morgan fingerprint density at radius 2 is 1.93 bits per heavy atom. The zero-order valence-corrected chi connectivity index (χ0v) is 28.2. The van der Waals surface area contributed by atoms with Gasteiger partial charge in [0.1, 0.15) is 17.8 Å². The van der Waals surface area contributed by atoms with Gasteiger partial charge in [0, 0.05) is 24.7 Å². The first-order valence-corrected chi connectivity index (χ1v) is 16.6. The molecule has 1 aromatic carbocycles. The molecular weight excluding hydrogens is 588 g/mol. The summed E-state index contributed by atoms with van der Waals surface area (Å²) in [4.78, 5) is 25.6. The molecule has 9 nitrogen and oxygen atoms in total. The van der Waals surface area contributed by atoms with Crippen molar-refractivity contribution in [3.05, 3.63) is 71.8 Å². The maximum atomic E-state index is 12.8. The second kappa shape index (κ2) is 16.8. The molecular formula is C37H54O9. The third-order valence-corrected chi connectivity index (χ3v) is 9.09. The Kier molecular flexibility index (Phi) is 13.8. The number of cyclic esters (lactones) is 1. The number of benzene rings is 1. The van der Waals surface area contributed by atoms with Gasteiger partial charge in [-0.05, 0) is 63.7 Å². The Morgan fingerprint density at radius 3 is 2.61 bits per heavy atom. The van der Waals surface area contributed by atoms with E-state index in [1.807, 2.05) is 58.0 Å². The maximum absolute atomic E-state index is 12.8. The van der Waals surface area contributed by atoms with E-state index in [9.17, 15) is 30.0 Å².